The van der Waals surface area contributed by atoms with Gasteiger partial charge >= 0.3 is 0 Å². The third kappa shape index (κ3) is 4.71. The van der Waals surface area contributed by atoms with E-state index in [2.05, 4.69) is 24.4 Å². The summed E-state index contributed by atoms with van der Waals surface area (Å²) in [4.78, 5) is 14.4. The molecule has 0 fully saturated rings. The number of likely N-dealkylation sites (N-methyl/N-ethyl adjacent to an activating group) is 1. The molecular weight excluding hydrogens is 331 g/mol. The standard InChI is InChI=1S/C18H20Cl2N2O/c1-12-6-4-5-7-14(12)11-22(3)13(2)18(23)21-17-10-15(19)8-9-16(17)20/h4-10,13H,11H2,1-3H3,(H,21,23). The van der Waals surface area contributed by atoms with Crippen LogP contribution in [0.2, 0.25) is 10.0 Å². The number of hydrogen-bond acceptors (Lipinski definition) is 2. The summed E-state index contributed by atoms with van der Waals surface area (Å²) in [5.74, 6) is -0.120. The van der Waals surface area contributed by atoms with Crippen LogP contribution in [0, 0.1) is 6.92 Å². The average Bonchev–Trinajstić information content (AvgIpc) is 2.52. The summed E-state index contributed by atoms with van der Waals surface area (Å²) in [5.41, 5.74) is 2.94. The molecule has 3 nitrogen and oxygen atoms in total. The Morgan fingerprint density at radius 1 is 1.22 bits per heavy atom. The summed E-state index contributed by atoms with van der Waals surface area (Å²) in [6.45, 7) is 4.64. The Kier molecular flexibility index (Phi) is 6.05. The van der Waals surface area contributed by atoms with Gasteiger partial charge in [-0.2, -0.15) is 0 Å². The largest absolute Gasteiger partial charge is 0.323 e. The number of halogens is 2. The summed E-state index contributed by atoms with van der Waals surface area (Å²) < 4.78 is 0. The van der Waals surface area contributed by atoms with Crippen molar-refractivity contribution >= 4 is 34.8 Å². The lowest BCUT2D eigenvalue weighted by atomic mass is 10.1. The molecule has 0 spiro atoms. The minimum absolute atomic E-state index is 0.120. The van der Waals surface area contributed by atoms with Crippen LogP contribution in [-0.4, -0.2) is 23.9 Å². The number of nitrogens with one attached hydrogen (secondary N) is 1. The lowest BCUT2D eigenvalue weighted by Crippen LogP contribution is -2.39. The Balaban J connectivity index is 2.04. The second kappa shape index (κ2) is 7.82. The molecule has 2 rings (SSSR count). The molecule has 1 atom stereocenters. The fourth-order valence-corrected chi connectivity index (χ4v) is 2.56. The van der Waals surface area contributed by atoms with Crippen LogP contribution >= 0.6 is 23.2 Å². The van der Waals surface area contributed by atoms with E-state index in [1.807, 2.05) is 31.0 Å². The van der Waals surface area contributed by atoms with Gasteiger partial charge in [0.05, 0.1) is 16.8 Å². The van der Waals surface area contributed by atoms with Crippen LogP contribution in [0.1, 0.15) is 18.1 Å². The fourth-order valence-electron chi connectivity index (χ4n) is 2.22. The van der Waals surface area contributed by atoms with Gasteiger partial charge < -0.3 is 5.32 Å². The summed E-state index contributed by atoms with van der Waals surface area (Å²) in [7, 11) is 1.93. The van der Waals surface area contributed by atoms with E-state index >= 15 is 0 Å². The summed E-state index contributed by atoms with van der Waals surface area (Å²) >= 11 is 12.0. The topological polar surface area (TPSA) is 32.3 Å². The molecule has 0 saturated carbocycles. The number of hydrogen-bond donors (Lipinski definition) is 1. The van der Waals surface area contributed by atoms with Crippen molar-refractivity contribution < 1.29 is 4.79 Å². The molecule has 0 aliphatic rings. The molecule has 0 bridgehead atoms. The number of nitrogens with zero attached hydrogens (tertiary/aromatic N) is 1. The van der Waals surface area contributed by atoms with Crippen LogP contribution in [0.4, 0.5) is 5.69 Å². The molecule has 23 heavy (non-hydrogen) atoms. The summed E-state index contributed by atoms with van der Waals surface area (Å²) in [6, 6.07) is 12.9. The first-order valence-corrected chi connectivity index (χ1v) is 8.14. The van der Waals surface area contributed by atoms with Crippen molar-refractivity contribution in [2.24, 2.45) is 0 Å². The van der Waals surface area contributed by atoms with Crippen LogP contribution in [-0.2, 0) is 11.3 Å². The van der Waals surface area contributed by atoms with Crippen molar-refractivity contribution in [1.82, 2.24) is 4.90 Å². The molecule has 1 amide bonds. The van der Waals surface area contributed by atoms with Crippen molar-refractivity contribution in [2.75, 3.05) is 12.4 Å². The minimum Gasteiger partial charge on any atom is -0.323 e. The molecule has 1 N–H and O–H groups in total. The number of carbonyl (C=O) groups excluding carboxylic acids is 1. The number of amides is 1. The van der Waals surface area contributed by atoms with Crippen molar-refractivity contribution in [1.29, 1.82) is 0 Å². The van der Waals surface area contributed by atoms with Crippen molar-refractivity contribution in [3.05, 3.63) is 63.6 Å². The molecule has 0 saturated heterocycles. The molecular formula is C18H20Cl2N2O. The number of carbonyl (C=O) groups is 1. The van der Waals surface area contributed by atoms with E-state index in [4.69, 9.17) is 23.2 Å². The van der Waals surface area contributed by atoms with Gasteiger partial charge in [-0.3, -0.25) is 9.69 Å². The monoisotopic (exact) mass is 350 g/mol. The maximum Gasteiger partial charge on any atom is 0.241 e. The van der Waals surface area contributed by atoms with Crippen LogP contribution in [0.5, 0.6) is 0 Å². The van der Waals surface area contributed by atoms with Crippen molar-refractivity contribution in [3.8, 4) is 0 Å². The molecule has 0 aliphatic heterocycles. The lowest BCUT2D eigenvalue weighted by molar-refractivity contribution is -0.120. The Morgan fingerprint density at radius 2 is 1.91 bits per heavy atom. The van der Waals surface area contributed by atoms with Crippen LogP contribution < -0.4 is 5.32 Å². The van der Waals surface area contributed by atoms with E-state index < -0.39 is 0 Å². The molecule has 0 heterocycles. The van der Waals surface area contributed by atoms with Gasteiger partial charge in [-0.05, 0) is 50.2 Å². The Bertz CT molecular complexity index is 703. The average molecular weight is 351 g/mol. The number of rotatable bonds is 5. The molecule has 122 valence electrons. The van der Waals surface area contributed by atoms with E-state index in [1.165, 1.54) is 11.1 Å². The number of benzene rings is 2. The predicted molar refractivity (Wildman–Crippen MR) is 97.2 cm³/mol. The van der Waals surface area contributed by atoms with Crippen LogP contribution in [0.15, 0.2) is 42.5 Å². The van der Waals surface area contributed by atoms with E-state index in [0.29, 0.717) is 22.3 Å². The molecule has 0 radical (unpaired) electrons. The van der Waals surface area contributed by atoms with Crippen molar-refractivity contribution in [2.45, 2.75) is 26.4 Å². The second-order valence-corrected chi connectivity index (χ2v) is 6.47. The Hall–Kier alpha value is -1.55. The third-order valence-electron chi connectivity index (χ3n) is 3.91. The Morgan fingerprint density at radius 3 is 2.61 bits per heavy atom. The first-order chi connectivity index (χ1) is 10.9. The van der Waals surface area contributed by atoms with E-state index in [9.17, 15) is 4.79 Å². The zero-order valence-corrected chi connectivity index (χ0v) is 14.9. The zero-order chi connectivity index (χ0) is 17.0. The van der Waals surface area contributed by atoms with Gasteiger partial charge in [-0.1, -0.05) is 47.5 Å². The highest BCUT2D eigenvalue weighted by atomic mass is 35.5. The van der Waals surface area contributed by atoms with Gasteiger partial charge in [-0.15, -0.1) is 0 Å². The van der Waals surface area contributed by atoms with Gasteiger partial charge in [-0.25, -0.2) is 0 Å². The highest BCUT2D eigenvalue weighted by molar-refractivity contribution is 6.35. The highest BCUT2D eigenvalue weighted by Crippen LogP contribution is 2.25. The van der Waals surface area contributed by atoms with E-state index in [-0.39, 0.29) is 11.9 Å². The summed E-state index contributed by atoms with van der Waals surface area (Å²) in [5, 5.41) is 3.84. The molecule has 2 aromatic carbocycles. The van der Waals surface area contributed by atoms with E-state index in [1.54, 1.807) is 18.2 Å². The quantitative estimate of drug-likeness (QED) is 0.842. The van der Waals surface area contributed by atoms with Gasteiger partial charge in [0.1, 0.15) is 0 Å². The molecule has 0 aliphatic carbocycles. The predicted octanol–water partition coefficient (Wildman–Crippen LogP) is 4.76. The van der Waals surface area contributed by atoms with Crippen LogP contribution in [0.25, 0.3) is 0 Å². The van der Waals surface area contributed by atoms with Gasteiger partial charge in [0.15, 0.2) is 0 Å². The minimum atomic E-state index is -0.301. The Labute approximate surface area is 147 Å². The maximum atomic E-state index is 12.4. The molecule has 0 aromatic heterocycles. The molecule has 5 heteroatoms. The zero-order valence-electron chi connectivity index (χ0n) is 13.4. The SMILES string of the molecule is Cc1ccccc1CN(C)C(C)C(=O)Nc1cc(Cl)ccc1Cl. The fraction of sp³-hybridized carbons (Fsp3) is 0.278. The van der Waals surface area contributed by atoms with E-state index in [0.717, 1.165) is 0 Å². The van der Waals surface area contributed by atoms with Gasteiger partial charge in [0.25, 0.3) is 0 Å². The van der Waals surface area contributed by atoms with Crippen LogP contribution in [0.3, 0.4) is 0 Å². The lowest BCUT2D eigenvalue weighted by Gasteiger charge is -2.24. The first-order valence-electron chi connectivity index (χ1n) is 7.39. The van der Waals surface area contributed by atoms with Crippen molar-refractivity contribution in [3.63, 3.8) is 0 Å². The van der Waals surface area contributed by atoms with Gasteiger partial charge in [0, 0.05) is 11.6 Å². The van der Waals surface area contributed by atoms with Gasteiger partial charge in [0.2, 0.25) is 5.91 Å². The number of aryl methyl sites for hydroxylation is 1. The molecule has 2 aromatic rings. The third-order valence-corrected chi connectivity index (χ3v) is 4.47. The molecule has 1 unspecified atom stereocenters. The normalized spacial score (nSPS) is 12.3. The smallest absolute Gasteiger partial charge is 0.241 e. The first kappa shape index (κ1) is 17.8. The highest BCUT2D eigenvalue weighted by Gasteiger charge is 2.19. The number of anilines is 1. The second-order valence-electron chi connectivity index (χ2n) is 5.63. The summed E-state index contributed by atoms with van der Waals surface area (Å²) in [6.07, 6.45) is 0. The maximum absolute atomic E-state index is 12.4.